The highest BCUT2D eigenvalue weighted by molar-refractivity contribution is 5.94. The van der Waals surface area contributed by atoms with Crippen LogP contribution >= 0.6 is 0 Å². The fraction of sp³-hybridized carbons (Fsp3) is 0.632. The summed E-state index contributed by atoms with van der Waals surface area (Å²) in [7, 11) is 0. The molecule has 0 aromatic heterocycles. The number of unbranched alkanes of at least 4 members (excludes halogenated alkanes) is 6. The molecule has 146 valence electrons. The second kappa shape index (κ2) is 12.4. The highest BCUT2D eigenvalue weighted by Gasteiger charge is 2.21. The number of benzene rings is 1. The zero-order chi connectivity index (χ0) is 19.4. The maximum Gasteiger partial charge on any atom is 0.269 e. The standard InChI is InChI=1S/C19H30N2O5/c1-2-3-4-5-6-7-8-9-18(23)17(14-22)20-19(24)15-10-12-16(13-11-15)21(25)26/h10-13,17-18,22-23H,2-9,14H2,1H3,(H,20,24). The molecule has 0 saturated carbocycles. The summed E-state index contributed by atoms with van der Waals surface area (Å²) >= 11 is 0. The van der Waals surface area contributed by atoms with Crippen molar-refractivity contribution < 1.29 is 19.9 Å². The summed E-state index contributed by atoms with van der Waals surface area (Å²) in [5, 5.41) is 32.9. The summed E-state index contributed by atoms with van der Waals surface area (Å²) < 4.78 is 0. The van der Waals surface area contributed by atoms with Gasteiger partial charge in [-0.25, -0.2) is 0 Å². The Kier molecular flexibility index (Phi) is 10.5. The van der Waals surface area contributed by atoms with E-state index in [1.54, 1.807) is 0 Å². The van der Waals surface area contributed by atoms with Crippen LogP contribution in [0.5, 0.6) is 0 Å². The average Bonchev–Trinajstić information content (AvgIpc) is 2.65. The van der Waals surface area contributed by atoms with E-state index in [0.717, 1.165) is 19.3 Å². The molecule has 0 aliphatic heterocycles. The van der Waals surface area contributed by atoms with Gasteiger partial charge in [0, 0.05) is 17.7 Å². The number of nitro benzene ring substituents is 1. The summed E-state index contributed by atoms with van der Waals surface area (Å²) in [5.41, 5.74) is 0.149. The van der Waals surface area contributed by atoms with Crippen LogP contribution in [0, 0.1) is 10.1 Å². The van der Waals surface area contributed by atoms with Gasteiger partial charge in [-0.3, -0.25) is 14.9 Å². The van der Waals surface area contributed by atoms with Crippen molar-refractivity contribution in [1.29, 1.82) is 0 Å². The predicted octanol–water partition coefficient (Wildman–Crippen LogP) is 3.19. The van der Waals surface area contributed by atoms with Crippen molar-refractivity contribution in [2.24, 2.45) is 0 Å². The molecule has 0 aliphatic carbocycles. The maximum absolute atomic E-state index is 12.2. The number of hydrogen-bond acceptors (Lipinski definition) is 5. The molecule has 2 atom stereocenters. The quantitative estimate of drug-likeness (QED) is 0.282. The Balaban J connectivity index is 2.39. The van der Waals surface area contributed by atoms with Gasteiger partial charge >= 0.3 is 0 Å². The van der Waals surface area contributed by atoms with Crippen LogP contribution in [0.1, 0.15) is 68.6 Å². The van der Waals surface area contributed by atoms with Crippen LogP contribution in [0.3, 0.4) is 0 Å². The molecule has 0 radical (unpaired) electrons. The van der Waals surface area contributed by atoms with Crippen LogP contribution in [-0.2, 0) is 0 Å². The first-order chi connectivity index (χ1) is 12.5. The summed E-state index contributed by atoms with van der Waals surface area (Å²) in [6.07, 6.45) is 7.60. The van der Waals surface area contributed by atoms with E-state index in [-0.39, 0.29) is 17.9 Å². The highest BCUT2D eigenvalue weighted by Crippen LogP contribution is 2.14. The Hall–Kier alpha value is -1.99. The Morgan fingerprint density at radius 1 is 1.12 bits per heavy atom. The van der Waals surface area contributed by atoms with Gasteiger partial charge in [-0.2, -0.15) is 0 Å². The largest absolute Gasteiger partial charge is 0.394 e. The molecular formula is C19H30N2O5. The lowest BCUT2D eigenvalue weighted by Crippen LogP contribution is -2.45. The number of aliphatic hydroxyl groups excluding tert-OH is 2. The third-order valence-electron chi connectivity index (χ3n) is 4.42. The molecule has 1 rings (SSSR count). The van der Waals surface area contributed by atoms with Gasteiger partial charge in [-0.05, 0) is 18.6 Å². The van der Waals surface area contributed by atoms with Crippen molar-refractivity contribution in [3.8, 4) is 0 Å². The number of non-ortho nitro benzene ring substituents is 1. The molecule has 0 bridgehead atoms. The minimum absolute atomic E-state index is 0.0979. The van der Waals surface area contributed by atoms with Crippen LogP contribution in [0.15, 0.2) is 24.3 Å². The summed E-state index contributed by atoms with van der Waals surface area (Å²) in [6.45, 7) is 1.81. The molecule has 26 heavy (non-hydrogen) atoms. The number of amides is 1. The molecule has 0 heterocycles. The van der Waals surface area contributed by atoms with E-state index in [1.807, 2.05) is 0 Å². The van der Waals surface area contributed by atoms with Gasteiger partial charge in [-0.15, -0.1) is 0 Å². The van der Waals surface area contributed by atoms with E-state index in [4.69, 9.17) is 0 Å². The Morgan fingerprint density at radius 3 is 2.23 bits per heavy atom. The molecular weight excluding hydrogens is 336 g/mol. The lowest BCUT2D eigenvalue weighted by molar-refractivity contribution is -0.384. The van der Waals surface area contributed by atoms with Crippen molar-refractivity contribution >= 4 is 11.6 Å². The van der Waals surface area contributed by atoms with E-state index >= 15 is 0 Å². The zero-order valence-electron chi connectivity index (χ0n) is 15.4. The molecule has 3 N–H and O–H groups in total. The summed E-state index contributed by atoms with van der Waals surface area (Å²) in [5.74, 6) is -0.474. The smallest absolute Gasteiger partial charge is 0.269 e. The predicted molar refractivity (Wildman–Crippen MR) is 100 cm³/mol. The molecule has 2 unspecified atom stereocenters. The third kappa shape index (κ3) is 7.93. The van der Waals surface area contributed by atoms with E-state index in [9.17, 15) is 25.1 Å². The maximum atomic E-state index is 12.2. The number of aliphatic hydroxyl groups is 2. The number of carbonyl (C=O) groups is 1. The first kappa shape index (κ1) is 22.1. The van der Waals surface area contributed by atoms with E-state index in [0.29, 0.717) is 6.42 Å². The molecule has 7 nitrogen and oxygen atoms in total. The minimum Gasteiger partial charge on any atom is -0.394 e. The van der Waals surface area contributed by atoms with E-state index < -0.39 is 23.0 Å². The number of hydrogen-bond donors (Lipinski definition) is 3. The third-order valence-corrected chi connectivity index (χ3v) is 4.42. The van der Waals surface area contributed by atoms with Crippen LogP contribution in [0.4, 0.5) is 5.69 Å². The van der Waals surface area contributed by atoms with Crippen LogP contribution in [0.25, 0.3) is 0 Å². The summed E-state index contributed by atoms with van der Waals surface area (Å²) in [6, 6.07) is 4.45. The number of carbonyl (C=O) groups excluding carboxylic acids is 1. The second-order valence-corrected chi connectivity index (χ2v) is 6.54. The van der Waals surface area contributed by atoms with Gasteiger partial charge in [-0.1, -0.05) is 51.9 Å². The van der Waals surface area contributed by atoms with Crippen LogP contribution < -0.4 is 5.32 Å². The van der Waals surface area contributed by atoms with Gasteiger partial charge in [0.2, 0.25) is 0 Å². The number of rotatable bonds is 13. The van der Waals surface area contributed by atoms with Crippen LogP contribution in [0.2, 0.25) is 0 Å². The van der Waals surface area contributed by atoms with Gasteiger partial charge in [0.15, 0.2) is 0 Å². The van der Waals surface area contributed by atoms with Gasteiger partial charge in [0.1, 0.15) is 0 Å². The number of nitro groups is 1. The molecule has 1 amide bonds. The number of nitrogens with one attached hydrogen (secondary N) is 1. The lowest BCUT2D eigenvalue weighted by atomic mass is 10.0. The first-order valence-electron chi connectivity index (χ1n) is 9.33. The number of nitrogens with zero attached hydrogens (tertiary/aromatic N) is 1. The van der Waals surface area contributed by atoms with Crippen molar-refractivity contribution in [1.82, 2.24) is 5.32 Å². The molecule has 1 aromatic carbocycles. The molecule has 0 spiro atoms. The van der Waals surface area contributed by atoms with Gasteiger partial charge in [0.05, 0.1) is 23.7 Å². The Bertz CT molecular complexity index is 547. The van der Waals surface area contributed by atoms with Gasteiger partial charge in [0.25, 0.3) is 11.6 Å². The minimum atomic E-state index is -0.822. The van der Waals surface area contributed by atoms with Crippen molar-refractivity contribution in [3.63, 3.8) is 0 Å². The highest BCUT2D eigenvalue weighted by atomic mass is 16.6. The zero-order valence-corrected chi connectivity index (χ0v) is 15.4. The molecule has 7 heteroatoms. The lowest BCUT2D eigenvalue weighted by Gasteiger charge is -2.22. The average molecular weight is 366 g/mol. The summed E-state index contributed by atoms with van der Waals surface area (Å²) in [4.78, 5) is 22.3. The second-order valence-electron chi connectivity index (χ2n) is 6.54. The van der Waals surface area contributed by atoms with Crippen LogP contribution in [-0.4, -0.2) is 39.8 Å². The van der Waals surface area contributed by atoms with Crippen molar-refractivity contribution in [3.05, 3.63) is 39.9 Å². The fourth-order valence-electron chi connectivity index (χ4n) is 2.76. The van der Waals surface area contributed by atoms with E-state index in [2.05, 4.69) is 12.2 Å². The molecule has 0 aliphatic rings. The van der Waals surface area contributed by atoms with Gasteiger partial charge < -0.3 is 15.5 Å². The Labute approximate surface area is 154 Å². The van der Waals surface area contributed by atoms with Crippen molar-refractivity contribution in [2.45, 2.75) is 70.4 Å². The normalized spacial score (nSPS) is 13.2. The molecule has 1 aromatic rings. The van der Waals surface area contributed by atoms with E-state index in [1.165, 1.54) is 49.9 Å². The topological polar surface area (TPSA) is 113 Å². The fourth-order valence-corrected chi connectivity index (χ4v) is 2.76. The molecule has 0 fully saturated rings. The SMILES string of the molecule is CCCCCCCCCC(O)C(CO)NC(=O)c1ccc([N+](=O)[O-])cc1. The monoisotopic (exact) mass is 366 g/mol. The molecule has 0 saturated heterocycles. The van der Waals surface area contributed by atoms with Crippen molar-refractivity contribution in [2.75, 3.05) is 6.61 Å². The first-order valence-corrected chi connectivity index (χ1v) is 9.33. The Morgan fingerprint density at radius 2 is 1.69 bits per heavy atom.